The molecule has 2 heterocycles. The van der Waals surface area contributed by atoms with E-state index in [0.717, 1.165) is 0 Å². The largest absolute Gasteiger partial charge is 0.341 e. The minimum atomic E-state index is 0.286. The summed E-state index contributed by atoms with van der Waals surface area (Å²) in [6.45, 7) is 2.46. The Bertz CT molecular complexity index is 453. The number of hydrogen-bond acceptors (Lipinski definition) is 3. The second kappa shape index (κ2) is 6.93. The third-order valence-corrected chi connectivity index (χ3v) is 5.98. The van der Waals surface area contributed by atoms with E-state index in [0.29, 0.717) is 18.5 Å². The lowest BCUT2D eigenvalue weighted by atomic mass is 9.88. The molecule has 116 valence electrons. The van der Waals surface area contributed by atoms with Gasteiger partial charge in [0.05, 0.1) is 6.42 Å². The van der Waals surface area contributed by atoms with Gasteiger partial charge in [0.2, 0.25) is 5.91 Å². The minimum absolute atomic E-state index is 0.286. The van der Waals surface area contributed by atoms with Gasteiger partial charge >= 0.3 is 0 Å². The fourth-order valence-corrected chi connectivity index (χ4v) is 4.61. The van der Waals surface area contributed by atoms with Gasteiger partial charge < -0.3 is 4.90 Å². The van der Waals surface area contributed by atoms with Gasteiger partial charge in [-0.1, -0.05) is 18.9 Å². The van der Waals surface area contributed by atoms with Gasteiger partial charge in [0.1, 0.15) is 0 Å². The second-order valence-corrected chi connectivity index (χ2v) is 7.46. The predicted octanol–water partition coefficient (Wildman–Crippen LogP) is 3.16. The van der Waals surface area contributed by atoms with Gasteiger partial charge in [0.15, 0.2) is 0 Å². The SMILES string of the molecule is CN(C(=O)Cc1cccs1)[C@@H]1CCCC[C@H]1N1CCCC1. The number of carbonyl (C=O) groups is 1. The molecular weight excluding hydrogens is 280 g/mol. The van der Waals surface area contributed by atoms with Gasteiger partial charge in [-0.05, 0) is 50.2 Å². The molecule has 1 aliphatic carbocycles. The highest BCUT2D eigenvalue weighted by Gasteiger charge is 2.35. The van der Waals surface area contributed by atoms with Crippen molar-refractivity contribution in [2.24, 2.45) is 0 Å². The Morgan fingerprint density at radius 1 is 1.29 bits per heavy atom. The fraction of sp³-hybridized carbons (Fsp3) is 0.706. The molecule has 3 nitrogen and oxygen atoms in total. The molecule has 0 N–H and O–H groups in total. The van der Waals surface area contributed by atoms with Crippen LogP contribution in [0.2, 0.25) is 0 Å². The molecule has 21 heavy (non-hydrogen) atoms. The first-order valence-corrected chi connectivity index (χ1v) is 9.16. The molecule has 2 aliphatic rings. The number of likely N-dealkylation sites (tertiary alicyclic amines) is 1. The first-order chi connectivity index (χ1) is 10.3. The third kappa shape index (κ3) is 3.49. The third-order valence-electron chi connectivity index (χ3n) is 5.10. The van der Waals surface area contributed by atoms with Crippen LogP contribution in [-0.2, 0) is 11.2 Å². The molecule has 4 heteroatoms. The van der Waals surface area contributed by atoms with E-state index < -0.39 is 0 Å². The Hall–Kier alpha value is -0.870. The van der Waals surface area contributed by atoms with Crippen LogP contribution in [-0.4, -0.2) is 47.9 Å². The molecule has 1 aromatic rings. The molecule has 0 spiro atoms. The average molecular weight is 306 g/mol. The van der Waals surface area contributed by atoms with Crippen LogP contribution in [0.3, 0.4) is 0 Å². The van der Waals surface area contributed by atoms with E-state index in [-0.39, 0.29) is 5.91 Å². The molecule has 1 saturated heterocycles. The summed E-state index contributed by atoms with van der Waals surface area (Å²) in [5, 5.41) is 2.05. The summed E-state index contributed by atoms with van der Waals surface area (Å²) in [5.74, 6) is 0.286. The Balaban J connectivity index is 1.65. The Morgan fingerprint density at radius 3 is 2.76 bits per heavy atom. The number of carbonyl (C=O) groups excluding carboxylic acids is 1. The molecule has 3 rings (SSSR count). The molecule has 1 amide bonds. The molecule has 1 aliphatic heterocycles. The van der Waals surface area contributed by atoms with Crippen LogP contribution in [0.4, 0.5) is 0 Å². The summed E-state index contributed by atoms with van der Waals surface area (Å²) in [5.41, 5.74) is 0. The standard InChI is InChI=1S/C17H26N2OS/c1-18(17(20)13-14-7-6-12-21-14)15-8-2-3-9-16(15)19-10-4-5-11-19/h6-7,12,15-16H,2-5,8-11,13H2,1H3/t15-,16-/m1/s1. The highest BCUT2D eigenvalue weighted by molar-refractivity contribution is 7.10. The van der Waals surface area contributed by atoms with Crippen LogP contribution in [0.15, 0.2) is 17.5 Å². The lowest BCUT2D eigenvalue weighted by molar-refractivity contribution is -0.133. The molecule has 2 atom stereocenters. The van der Waals surface area contributed by atoms with Gasteiger partial charge in [-0.15, -0.1) is 11.3 Å². The number of rotatable bonds is 4. The number of hydrogen-bond donors (Lipinski definition) is 0. The maximum Gasteiger partial charge on any atom is 0.227 e. The van der Waals surface area contributed by atoms with Crippen LogP contribution >= 0.6 is 11.3 Å². The average Bonchev–Trinajstić information content (AvgIpc) is 3.19. The lowest BCUT2D eigenvalue weighted by Gasteiger charge is -2.42. The molecule has 0 radical (unpaired) electrons. The van der Waals surface area contributed by atoms with Crippen LogP contribution < -0.4 is 0 Å². The van der Waals surface area contributed by atoms with Gasteiger partial charge in [0.25, 0.3) is 0 Å². The van der Waals surface area contributed by atoms with Gasteiger partial charge in [-0.2, -0.15) is 0 Å². The molecule has 2 fully saturated rings. The van der Waals surface area contributed by atoms with E-state index in [4.69, 9.17) is 0 Å². The van der Waals surface area contributed by atoms with Crippen LogP contribution in [0.25, 0.3) is 0 Å². The molecule has 1 aromatic heterocycles. The molecule has 1 saturated carbocycles. The van der Waals surface area contributed by atoms with Crippen LogP contribution in [0.5, 0.6) is 0 Å². The van der Waals surface area contributed by atoms with E-state index in [9.17, 15) is 4.79 Å². The van der Waals surface area contributed by atoms with Gasteiger partial charge in [-0.25, -0.2) is 0 Å². The van der Waals surface area contributed by atoms with Crippen molar-refractivity contribution in [1.82, 2.24) is 9.80 Å². The zero-order valence-electron chi connectivity index (χ0n) is 13.0. The summed E-state index contributed by atoms with van der Waals surface area (Å²) in [4.78, 5) is 18.5. The maximum absolute atomic E-state index is 12.6. The molecule has 0 bridgehead atoms. The van der Waals surface area contributed by atoms with Gasteiger partial charge in [-0.3, -0.25) is 9.69 Å². The highest BCUT2D eigenvalue weighted by atomic mass is 32.1. The van der Waals surface area contributed by atoms with Crippen molar-refractivity contribution in [2.45, 2.75) is 57.0 Å². The first-order valence-electron chi connectivity index (χ1n) is 8.28. The quantitative estimate of drug-likeness (QED) is 0.853. The monoisotopic (exact) mass is 306 g/mol. The Labute approximate surface area is 131 Å². The van der Waals surface area contributed by atoms with E-state index in [1.165, 1.54) is 56.5 Å². The van der Waals surface area contributed by atoms with Crippen LogP contribution in [0, 0.1) is 0 Å². The topological polar surface area (TPSA) is 23.6 Å². The number of amides is 1. The summed E-state index contributed by atoms with van der Waals surface area (Å²) in [6.07, 6.45) is 8.26. The molecule has 0 aromatic carbocycles. The van der Waals surface area contributed by atoms with E-state index >= 15 is 0 Å². The van der Waals surface area contributed by atoms with Crippen LogP contribution in [0.1, 0.15) is 43.4 Å². The number of nitrogens with zero attached hydrogens (tertiary/aromatic N) is 2. The predicted molar refractivity (Wildman–Crippen MR) is 87.6 cm³/mol. The number of likely N-dealkylation sites (N-methyl/N-ethyl adjacent to an activating group) is 1. The normalized spacial score (nSPS) is 26.9. The summed E-state index contributed by atoms with van der Waals surface area (Å²) < 4.78 is 0. The van der Waals surface area contributed by atoms with E-state index in [1.54, 1.807) is 11.3 Å². The minimum Gasteiger partial charge on any atom is -0.341 e. The van der Waals surface area contributed by atoms with Crippen molar-refractivity contribution >= 4 is 17.2 Å². The summed E-state index contributed by atoms with van der Waals surface area (Å²) in [7, 11) is 2.02. The second-order valence-electron chi connectivity index (χ2n) is 6.42. The first kappa shape index (κ1) is 15.0. The smallest absolute Gasteiger partial charge is 0.227 e. The maximum atomic E-state index is 12.6. The zero-order chi connectivity index (χ0) is 14.7. The highest BCUT2D eigenvalue weighted by Crippen LogP contribution is 2.29. The summed E-state index contributed by atoms with van der Waals surface area (Å²) in [6, 6.07) is 5.11. The lowest BCUT2D eigenvalue weighted by Crippen LogP contribution is -2.53. The van der Waals surface area contributed by atoms with Crippen molar-refractivity contribution < 1.29 is 4.79 Å². The zero-order valence-corrected chi connectivity index (χ0v) is 13.8. The number of thiophene rings is 1. The van der Waals surface area contributed by atoms with Crippen molar-refractivity contribution in [3.8, 4) is 0 Å². The van der Waals surface area contributed by atoms with Crippen molar-refractivity contribution in [3.63, 3.8) is 0 Å². The molecular formula is C17H26N2OS. The van der Waals surface area contributed by atoms with Crippen molar-refractivity contribution in [3.05, 3.63) is 22.4 Å². The van der Waals surface area contributed by atoms with E-state index in [2.05, 4.69) is 21.2 Å². The molecule has 0 unspecified atom stereocenters. The fourth-order valence-electron chi connectivity index (χ4n) is 3.91. The van der Waals surface area contributed by atoms with Gasteiger partial charge in [0, 0.05) is 24.0 Å². The Kier molecular flexibility index (Phi) is 4.96. The van der Waals surface area contributed by atoms with E-state index in [1.807, 2.05) is 13.1 Å². The van der Waals surface area contributed by atoms with Crippen molar-refractivity contribution in [1.29, 1.82) is 0 Å². The Morgan fingerprint density at radius 2 is 2.05 bits per heavy atom. The summed E-state index contributed by atoms with van der Waals surface area (Å²) >= 11 is 1.68. The van der Waals surface area contributed by atoms with Crippen molar-refractivity contribution in [2.75, 3.05) is 20.1 Å².